The number of rotatable bonds is 3. The van der Waals surface area contributed by atoms with Crippen molar-refractivity contribution in [1.29, 1.82) is 0 Å². The third kappa shape index (κ3) is 4.30. The van der Waals surface area contributed by atoms with E-state index >= 15 is 0 Å². The Hall–Kier alpha value is -2.22. The number of hydroxylamine groups is 2. The van der Waals surface area contributed by atoms with E-state index < -0.39 is 41.3 Å². The Morgan fingerprint density at radius 2 is 1.85 bits per heavy atom. The van der Waals surface area contributed by atoms with E-state index in [9.17, 15) is 18.4 Å². The number of hydrogen-bond acceptors (Lipinski definition) is 4. The number of likely N-dealkylation sites (tertiary alicyclic amines) is 1. The molecule has 0 unspecified atom stereocenters. The minimum Gasteiger partial charge on any atom is -0.444 e. The van der Waals surface area contributed by atoms with Crippen molar-refractivity contribution in [2.45, 2.75) is 51.3 Å². The third-order valence-corrected chi connectivity index (χ3v) is 4.19. The molecule has 2 amide bonds. The summed E-state index contributed by atoms with van der Waals surface area (Å²) in [5.74, 6) is -2.39. The van der Waals surface area contributed by atoms with Gasteiger partial charge in [-0.1, -0.05) is 6.07 Å². The lowest BCUT2D eigenvalue weighted by Gasteiger charge is -2.33. The molecule has 0 aromatic heterocycles. The van der Waals surface area contributed by atoms with Gasteiger partial charge in [0.05, 0.1) is 13.2 Å². The van der Waals surface area contributed by atoms with Crippen LogP contribution >= 0.6 is 0 Å². The smallest absolute Gasteiger partial charge is 0.411 e. The largest absolute Gasteiger partial charge is 0.444 e. The van der Waals surface area contributed by atoms with Gasteiger partial charge in [-0.25, -0.2) is 18.6 Å². The molecule has 1 fully saturated rings. The summed E-state index contributed by atoms with van der Waals surface area (Å²) in [6.07, 6.45) is 0.0841. The van der Waals surface area contributed by atoms with Gasteiger partial charge in [-0.15, -0.1) is 0 Å². The van der Waals surface area contributed by atoms with E-state index in [1.165, 1.54) is 25.1 Å². The summed E-state index contributed by atoms with van der Waals surface area (Å²) < 4.78 is 32.4. The Labute approximate surface area is 151 Å². The molecule has 0 saturated carbocycles. The molecule has 1 heterocycles. The summed E-state index contributed by atoms with van der Waals surface area (Å²) in [5.41, 5.74) is -0.357. The minimum atomic E-state index is -1.00. The summed E-state index contributed by atoms with van der Waals surface area (Å²) in [6, 6.07) is 2.05. The molecule has 1 aromatic carbocycles. The Morgan fingerprint density at radius 1 is 1.19 bits per heavy atom. The van der Waals surface area contributed by atoms with Gasteiger partial charge in [0.2, 0.25) is 0 Å². The van der Waals surface area contributed by atoms with Crippen LogP contribution in [0.15, 0.2) is 18.2 Å². The van der Waals surface area contributed by atoms with Gasteiger partial charge in [-0.2, -0.15) is 0 Å². The zero-order valence-corrected chi connectivity index (χ0v) is 15.6. The molecule has 6 nitrogen and oxygen atoms in total. The number of benzene rings is 1. The van der Waals surface area contributed by atoms with E-state index in [1.807, 2.05) is 0 Å². The number of carbonyl (C=O) groups excluding carboxylic acids is 2. The molecule has 0 aliphatic carbocycles. The second kappa shape index (κ2) is 7.57. The van der Waals surface area contributed by atoms with Crippen LogP contribution in [0.5, 0.6) is 0 Å². The van der Waals surface area contributed by atoms with Crippen LogP contribution in [-0.2, 0) is 14.4 Å². The lowest BCUT2D eigenvalue weighted by molar-refractivity contribution is -0.173. The number of carbonyl (C=O) groups is 2. The van der Waals surface area contributed by atoms with Crippen LogP contribution in [0.4, 0.5) is 13.6 Å². The normalized spacial score (nSPS) is 20.2. The van der Waals surface area contributed by atoms with Crippen molar-refractivity contribution in [3.8, 4) is 0 Å². The first-order valence-corrected chi connectivity index (χ1v) is 8.33. The topological polar surface area (TPSA) is 59.1 Å². The van der Waals surface area contributed by atoms with E-state index in [4.69, 9.17) is 9.57 Å². The lowest BCUT2D eigenvalue weighted by Crippen LogP contribution is -2.48. The predicted octanol–water partition coefficient (Wildman–Crippen LogP) is 3.43. The second-order valence-electron chi connectivity index (χ2n) is 7.19. The van der Waals surface area contributed by atoms with Crippen molar-refractivity contribution in [2.75, 3.05) is 14.2 Å². The maximum Gasteiger partial charge on any atom is 0.411 e. The van der Waals surface area contributed by atoms with Gasteiger partial charge in [-0.3, -0.25) is 14.5 Å². The Kier molecular flexibility index (Phi) is 5.85. The van der Waals surface area contributed by atoms with Gasteiger partial charge in [0.1, 0.15) is 11.6 Å². The number of likely N-dealkylation sites (N-methyl/N-ethyl adjacent to an activating group) is 1. The highest BCUT2D eigenvalue weighted by Crippen LogP contribution is 2.38. The molecule has 1 aromatic rings. The molecule has 8 heteroatoms. The van der Waals surface area contributed by atoms with Gasteiger partial charge in [0.25, 0.3) is 5.91 Å². The Morgan fingerprint density at radius 3 is 2.38 bits per heavy atom. The summed E-state index contributed by atoms with van der Waals surface area (Å²) in [5, 5.41) is 1.04. The monoisotopic (exact) mass is 370 g/mol. The molecule has 1 aliphatic rings. The fourth-order valence-corrected chi connectivity index (χ4v) is 2.97. The average molecular weight is 370 g/mol. The van der Waals surface area contributed by atoms with Crippen molar-refractivity contribution < 1.29 is 27.9 Å². The first-order chi connectivity index (χ1) is 12.0. The Bertz CT molecular complexity index is 690. The van der Waals surface area contributed by atoms with Crippen LogP contribution < -0.4 is 0 Å². The lowest BCUT2D eigenvalue weighted by atomic mass is 10.0. The average Bonchev–Trinajstić information content (AvgIpc) is 2.99. The molecule has 0 bridgehead atoms. The van der Waals surface area contributed by atoms with Crippen LogP contribution in [0.25, 0.3) is 0 Å². The number of nitrogens with zero attached hydrogens (tertiary/aromatic N) is 2. The summed E-state index contributed by atoms with van der Waals surface area (Å²) in [7, 11) is 2.79. The van der Waals surface area contributed by atoms with E-state index in [0.717, 1.165) is 17.2 Å². The minimum absolute atomic E-state index is 0.357. The molecule has 1 saturated heterocycles. The number of ether oxygens (including phenoxy) is 1. The van der Waals surface area contributed by atoms with E-state index in [2.05, 4.69) is 0 Å². The fraction of sp³-hybridized carbons (Fsp3) is 0.556. The van der Waals surface area contributed by atoms with Gasteiger partial charge in [0, 0.05) is 7.05 Å². The van der Waals surface area contributed by atoms with Crippen LogP contribution in [0, 0.1) is 11.6 Å². The Balaban J connectivity index is 2.38. The predicted molar refractivity (Wildman–Crippen MR) is 90.0 cm³/mol. The molecule has 2 rings (SSSR count). The summed E-state index contributed by atoms with van der Waals surface area (Å²) in [6.45, 7) is 5.14. The molecule has 0 radical (unpaired) electrons. The number of hydrogen-bond donors (Lipinski definition) is 0. The number of halogens is 2. The second-order valence-corrected chi connectivity index (χ2v) is 7.19. The van der Waals surface area contributed by atoms with Crippen molar-refractivity contribution in [3.63, 3.8) is 0 Å². The molecule has 2 atom stereocenters. The number of amides is 2. The van der Waals surface area contributed by atoms with Crippen LogP contribution in [0.2, 0.25) is 0 Å². The molecular weight excluding hydrogens is 346 g/mol. The first kappa shape index (κ1) is 20.1. The quantitative estimate of drug-likeness (QED) is 0.765. The third-order valence-electron chi connectivity index (χ3n) is 4.19. The maximum absolute atomic E-state index is 13.7. The summed E-state index contributed by atoms with van der Waals surface area (Å²) in [4.78, 5) is 31.5. The first-order valence-electron chi connectivity index (χ1n) is 8.33. The van der Waals surface area contributed by atoms with Crippen molar-refractivity contribution in [1.82, 2.24) is 9.96 Å². The van der Waals surface area contributed by atoms with Crippen LogP contribution in [0.3, 0.4) is 0 Å². The SMILES string of the molecule is CON(C)C(=O)[C@H]1CC[C@@H](c2ccc(F)c(F)c2)N1C(=O)OC(C)(C)C. The zero-order chi connectivity index (χ0) is 19.6. The van der Waals surface area contributed by atoms with Crippen molar-refractivity contribution in [2.24, 2.45) is 0 Å². The summed E-state index contributed by atoms with van der Waals surface area (Å²) >= 11 is 0. The van der Waals surface area contributed by atoms with Crippen molar-refractivity contribution >= 4 is 12.0 Å². The highest BCUT2D eigenvalue weighted by molar-refractivity contribution is 5.86. The molecule has 26 heavy (non-hydrogen) atoms. The fourth-order valence-electron chi connectivity index (χ4n) is 2.97. The van der Waals surface area contributed by atoms with E-state index in [0.29, 0.717) is 18.4 Å². The molecule has 0 spiro atoms. The molecule has 0 N–H and O–H groups in total. The maximum atomic E-state index is 13.7. The highest BCUT2D eigenvalue weighted by atomic mass is 19.2. The standard InChI is InChI=1S/C18H24F2N2O4/c1-18(2,3)26-17(24)22-14(11-6-7-12(19)13(20)10-11)8-9-15(22)16(23)21(4)25-5/h6-7,10,14-15H,8-9H2,1-5H3/t14-,15+/m0/s1. The van der Waals surface area contributed by atoms with Gasteiger partial charge >= 0.3 is 6.09 Å². The molecule has 1 aliphatic heterocycles. The van der Waals surface area contributed by atoms with Gasteiger partial charge < -0.3 is 4.74 Å². The van der Waals surface area contributed by atoms with Gasteiger partial charge in [0.15, 0.2) is 11.6 Å². The van der Waals surface area contributed by atoms with Gasteiger partial charge in [-0.05, 0) is 51.3 Å². The highest BCUT2D eigenvalue weighted by Gasteiger charge is 2.44. The van der Waals surface area contributed by atoms with Crippen molar-refractivity contribution in [3.05, 3.63) is 35.4 Å². The van der Waals surface area contributed by atoms with Crippen LogP contribution in [-0.4, -0.2) is 47.8 Å². The van der Waals surface area contributed by atoms with Crippen LogP contribution in [0.1, 0.15) is 45.2 Å². The zero-order valence-electron chi connectivity index (χ0n) is 15.6. The molecule has 144 valence electrons. The van der Waals surface area contributed by atoms with E-state index in [1.54, 1.807) is 20.8 Å². The van der Waals surface area contributed by atoms with E-state index in [-0.39, 0.29) is 0 Å². The molecular formula is C18H24F2N2O4.